The Labute approximate surface area is 157 Å². The number of aromatic nitrogens is 1. The number of hydrogen-bond donors (Lipinski definition) is 2. The van der Waals surface area contributed by atoms with Crippen LogP contribution in [0.25, 0.3) is 0 Å². The van der Waals surface area contributed by atoms with Gasteiger partial charge in [-0.1, -0.05) is 23.7 Å². The molecule has 6 heteroatoms. The number of halogens is 1. The number of hydrogen-bond acceptors (Lipinski definition) is 4. The minimum atomic E-state index is -0.273. The molecule has 2 aromatic carbocycles. The molecule has 2 N–H and O–H groups in total. The van der Waals surface area contributed by atoms with Crippen LogP contribution >= 0.6 is 11.6 Å². The fraction of sp³-hybridized carbons (Fsp3) is 0.100. The normalized spacial score (nSPS) is 10.2. The second-order valence-corrected chi connectivity index (χ2v) is 5.86. The van der Waals surface area contributed by atoms with Gasteiger partial charge in [-0.25, -0.2) is 4.98 Å². The van der Waals surface area contributed by atoms with Gasteiger partial charge >= 0.3 is 0 Å². The molecule has 0 aliphatic rings. The second kappa shape index (κ2) is 8.36. The molecule has 0 unspecified atom stereocenters. The minimum Gasteiger partial charge on any atom is -0.494 e. The Hall–Kier alpha value is -3.05. The molecule has 1 aromatic heterocycles. The van der Waals surface area contributed by atoms with Crippen LogP contribution in [0.15, 0.2) is 66.9 Å². The lowest BCUT2D eigenvalue weighted by atomic mass is 10.2. The summed E-state index contributed by atoms with van der Waals surface area (Å²) in [4.78, 5) is 16.6. The van der Waals surface area contributed by atoms with Crippen molar-refractivity contribution in [3.63, 3.8) is 0 Å². The van der Waals surface area contributed by atoms with Crippen LogP contribution in [0, 0.1) is 0 Å². The van der Waals surface area contributed by atoms with Crippen LogP contribution in [0.5, 0.6) is 5.75 Å². The predicted molar refractivity (Wildman–Crippen MR) is 105 cm³/mol. The third kappa shape index (κ3) is 4.52. The molecule has 0 spiro atoms. The Kier molecular flexibility index (Phi) is 5.71. The summed E-state index contributed by atoms with van der Waals surface area (Å²) in [5, 5.41) is 6.38. The summed E-state index contributed by atoms with van der Waals surface area (Å²) in [6.07, 6.45) is 1.59. The molecule has 0 saturated carbocycles. The molecule has 132 valence electrons. The van der Waals surface area contributed by atoms with E-state index in [-0.39, 0.29) is 5.91 Å². The molecule has 0 atom stereocenters. The van der Waals surface area contributed by atoms with Gasteiger partial charge in [0.2, 0.25) is 0 Å². The van der Waals surface area contributed by atoms with Gasteiger partial charge < -0.3 is 15.4 Å². The fourth-order valence-electron chi connectivity index (χ4n) is 2.33. The van der Waals surface area contributed by atoms with Crippen molar-refractivity contribution in [1.29, 1.82) is 0 Å². The number of carbonyl (C=O) groups is 1. The summed E-state index contributed by atoms with van der Waals surface area (Å²) < 4.78 is 5.42. The summed E-state index contributed by atoms with van der Waals surface area (Å²) >= 11 is 6.04. The summed E-state index contributed by atoms with van der Waals surface area (Å²) in [7, 11) is 0. The maximum absolute atomic E-state index is 12.2. The van der Waals surface area contributed by atoms with Crippen LogP contribution in [-0.4, -0.2) is 17.5 Å². The quantitative estimate of drug-likeness (QED) is 0.634. The monoisotopic (exact) mass is 367 g/mol. The van der Waals surface area contributed by atoms with E-state index in [0.717, 1.165) is 11.4 Å². The number of ether oxygens (including phenoxy) is 1. The summed E-state index contributed by atoms with van der Waals surface area (Å²) in [5.74, 6) is 1.22. The molecular formula is C20H18ClN3O2. The van der Waals surface area contributed by atoms with Gasteiger partial charge in [-0.15, -0.1) is 0 Å². The number of amides is 1. The van der Waals surface area contributed by atoms with Crippen LogP contribution < -0.4 is 15.4 Å². The maximum atomic E-state index is 12.2. The van der Waals surface area contributed by atoms with E-state index in [1.54, 1.807) is 42.6 Å². The number of benzene rings is 2. The zero-order chi connectivity index (χ0) is 18.4. The standard InChI is InChI=1S/C20H18ClN3O2/c1-2-26-16-10-7-14(8-11-16)23-19-12-9-15(13-22-19)24-20(25)17-5-3-4-6-18(17)21/h3-13H,2H2,1H3,(H,22,23)(H,24,25). The lowest BCUT2D eigenvalue weighted by Gasteiger charge is -2.09. The smallest absolute Gasteiger partial charge is 0.257 e. The molecule has 3 rings (SSSR count). The van der Waals surface area contributed by atoms with Crippen molar-refractivity contribution >= 4 is 34.7 Å². The number of nitrogens with zero attached hydrogens (tertiary/aromatic N) is 1. The van der Waals surface area contributed by atoms with Crippen LogP contribution in [-0.2, 0) is 0 Å². The highest BCUT2D eigenvalue weighted by molar-refractivity contribution is 6.34. The average molecular weight is 368 g/mol. The molecular weight excluding hydrogens is 350 g/mol. The van der Waals surface area contributed by atoms with E-state index < -0.39 is 0 Å². The van der Waals surface area contributed by atoms with Gasteiger partial charge in [0.15, 0.2) is 0 Å². The molecule has 0 saturated heterocycles. The van der Waals surface area contributed by atoms with Crippen molar-refractivity contribution in [2.45, 2.75) is 6.92 Å². The fourth-order valence-corrected chi connectivity index (χ4v) is 2.56. The van der Waals surface area contributed by atoms with E-state index in [1.165, 1.54) is 0 Å². The highest BCUT2D eigenvalue weighted by Gasteiger charge is 2.09. The largest absolute Gasteiger partial charge is 0.494 e. The predicted octanol–water partition coefficient (Wildman–Crippen LogP) is 5.13. The molecule has 1 heterocycles. The average Bonchev–Trinajstić information content (AvgIpc) is 2.65. The van der Waals surface area contributed by atoms with Crippen molar-refractivity contribution in [2.24, 2.45) is 0 Å². The van der Waals surface area contributed by atoms with Crippen molar-refractivity contribution in [3.05, 3.63) is 77.4 Å². The van der Waals surface area contributed by atoms with E-state index in [0.29, 0.717) is 28.7 Å². The first-order valence-corrected chi connectivity index (χ1v) is 8.55. The number of nitrogens with one attached hydrogen (secondary N) is 2. The van der Waals surface area contributed by atoms with Gasteiger partial charge in [0.25, 0.3) is 5.91 Å². The molecule has 3 aromatic rings. The van der Waals surface area contributed by atoms with E-state index in [4.69, 9.17) is 16.3 Å². The number of pyridine rings is 1. The molecule has 0 bridgehead atoms. The number of rotatable bonds is 6. The van der Waals surface area contributed by atoms with E-state index in [9.17, 15) is 4.79 Å². The first-order chi connectivity index (χ1) is 12.7. The Bertz CT molecular complexity index is 880. The van der Waals surface area contributed by atoms with Gasteiger partial charge in [-0.05, 0) is 55.5 Å². The molecule has 5 nitrogen and oxygen atoms in total. The van der Waals surface area contributed by atoms with Crippen molar-refractivity contribution < 1.29 is 9.53 Å². The lowest BCUT2D eigenvalue weighted by molar-refractivity contribution is 0.102. The maximum Gasteiger partial charge on any atom is 0.257 e. The Balaban J connectivity index is 1.63. The summed E-state index contributed by atoms with van der Waals surface area (Å²) in [6, 6.07) is 18.1. The zero-order valence-corrected chi connectivity index (χ0v) is 15.0. The van der Waals surface area contributed by atoms with Gasteiger partial charge in [0, 0.05) is 5.69 Å². The Morgan fingerprint density at radius 2 is 1.77 bits per heavy atom. The van der Waals surface area contributed by atoms with E-state index >= 15 is 0 Å². The second-order valence-electron chi connectivity index (χ2n) is 5.45. The third-order valence-corrected chi connectivity index (χ3v) is 3.91. The topological polar surface area (TPSA) is 63.2 Å². The highest BCUT2D eigenvalue weighted by Crippen LogP contribution is 2.21. The van der Waals surface area contributed by atoms with Crippen molar-refractivity contribution in [3.8, 4) is 5.75 Å². The number of carbonyl (C=O) groups excluding carboxylic acids is 1. The summed E-state index contributed by atoms with van der Waals surface area (Å²) in [6.45, 7) is 2.58. The van der Waals surface area contributed by atoms with Crippen molar-refractivity contribution in [2.75, 3.05) is 17.2 Å². The van der Waals surface area contributed by atoms with Crippen LogP contribution in [0.1, 0.15) is 17.3 Å². The lowest BCUT2D eigenvalue weighted by Crippen LogP contribution is -2.12. The van der Waals surface area contributed by atoms with Crippen LogP contribution in [0.3, 0.4) is 0 Å². The molecule has 0 fully saturated rings. The Morgan fingerprint density at radius 3 is 2.42 bits per heavy atom. The van der Waals surface area contributed by atoms with E-state index in [1.807, 2.05) is 31.2 Å². The molecule has 1 amide bonds. The first-order valence-electron chi connectivity index (χ1n) is 8.17. The van der Waals surface area contributed by atoms with Crippen LogP contribution in [0.2, 0.25) is 5.02 Å². The highest BCUT2D eigenvalue weighted by atomic mass is 35.5. The molecule has 0 radical (unpaired) electrons. The van der Waals surface area contributed by atoms with Gasteiger partial charge in [0.05, 0.1) is 29.1 Å². The minimum absolute atomic E-state index is 0.273. The van der Waals surface area contributed by atoms with Gasteiger partial charge in [-0.3, -0.25) is 4.79 Å². The van der Waals surface area contributed by atoms with Gasteiger partial charge in [-0.2, -0.15) is 0 Å². The van der Waals surface area contributed by atoms with E-state index in [2.05, 4.69) is 15.6 Å². The number of anilines is 3. The molecule has 0 aliphatic heterocycles. The van der Waals surface area contributed by atoms with Crippen LogP contribution in [0.4, 0.5) is 17.2 Å². The van der Waals surface area contributed by atoms with Crippen molar-refractivity contribution in [1.82, 2.24) is 4.98 Å². The SMILES string of the molecule is CCOc1ccc(Nc2ccc(NC(=O)c3ccccc3Cl)cn2)cc1. The molecule has 26 heavy (non-hydrogen) atoms. The third-order valence-electron chi connectivity index (χ3n) is 3.58. The Morgan fingerprint density at radius 1 is 1.04 bits per heavy atom. The molecule has 0 aliphatic carbocycles. The zero-order valence-electron chi connectivity index (χ0n) is 14.2. The summed E-state index contributed by atoms with van der Waals surface area (Å²) in [5.41, 5.74) is 1.91. The van der Waals surface area contributed by atoms with Gasteiger partial charge in [0.1, 0.15) is 11.6 Å². The first kappa shape index (κ1) is 17.8.